The number of ether oxygens (including phenoxy) is 1. The molecule has 1 unspecified atom stereocenters. The van der Waals surface area contributed by atoms with Crippen molar-refractivity contribution in [1.29, 1.82) is 0 Å². The highest BCUT2D eigenvalue weighted by atomic mass is 16.5. The number of nitrogens with one attached hydrogen (secondary N) is 1. The number of nitrogens with zero attached hydrogens (tertiary/aromatic N) is 2. The molecule has 1 saturated carbocycles. The predicted octanol–water partition coefficient (Wildman–Crippen LogP) is 2.50. The van der Waals surface area contributed by atoms with Crippen molar-refractivity contribution < 1.29 is 9.53 Å². The summed E-state index contributed by atoms with van der Waals surface area (Å²) in [7, 11) is 2.10. The Hall–Kier alpha value is -0.650. The quantitative estimate of drug-likeness (QED) is 0.764. The Bertz CT molecular complexity index is 381. The highest BCUT2D eigenvalue weighted by molar-refractivity contribution is 5.78. The van der Waals surface area contributed by atoms with Crippen molar-refractivity contribution in [1.82, 2.24) is 15.1 Å². The van der Waals surface area contributed by atoms with E-state index in [0.717, 1.165) is 26.2 Å². The van der Waals surface area contributed by atoms with Gasteiger partial charge in [-0.2, -0.15) is 0 Å². The lowest BCUT2D eigenvalue weighted by atomic mass is 9.96. The van der Waals surface area contributed by atoms with Crippen LogP contribution in [0.25, 0.3) is 0 Å². The van der Waals surface area contributed by atoms with E-state index in [9.17, 15) is 4.79 Å². The van der Waals surface area contributed by atoms with Gasteiger partial charge in [-0.05, 0) is 25.8 Å². The SMILES string of the molecule is CC(C)CN1CCOC(CNC(=O)CN(C)C2CCCCCCC2)C1. The highest BCUT2D eigenvalue weighted by Gasteiger charge is 2.22. The molecule has 1 atom stereocenters. The Labute approximate surface area is 154 Å². The van der Waals surface area contributed by atoms with E-state index in [1.165, 1.54) is 44.9 Å². The van der Waals surface area contributed by atoms with Gasteiger partial charge in [-0.3, -0.25) is 14.6 Å². The van der Waals surface area contributed by atoms with Gasteiger partial charge in [0.15, 0.2) is 0 Å². The van der Waals surface area contributed by atoms with E-state index in [4.69, 9.17) is 4.74 Å². The molecule has 0 bridgehead atoms. The van der Waals surface area contributed by atoms with Gasteiger partial charge < -0.3 is 10.1 Å². The van der Waals surface area contributed by atoms with Crippen molar-refractivity contribution in [3.05, 3.63) is 0 Å². The third-order valence-electron chi connectivity index (χ3n) is 5.46. The molecule has 5 nitrogen and oxygen atoms in total. The van der Waals surface area contributed by atoms with Crippen LogP contribution < -0.4 is 5.32 Å². The maximum Gasteiger partial charge on any atom is 0.234 e. The molecule has 2 aliphatic rings. The molecular weight excluding hydrogens is 314 g/mol. The minimum absolute atomic E-state index is 0.128. The van der Waals surface area contributed by atoms with Gasteiger partial charge in [0.25, 0.3) is 0 Å². The zero-order valence-electron chi connectivity index (χ0n) is 16.6. The first-order valence-corrected chi connectivity index (χ1v) is 10.4. The fourth-order valence-electron chi connectivity index (χ4n) is 4.10. The van der Waals surface area contributed by atoms with Crippen LogP contribution in [0.15, 0.2) is 0 Å². The van der Waals surface area contributed by atoms with Gasteiger partial charge in [-0.25, -0.2) is 0 Å². The molecule has 1 amide bonds. The molecule has 25 heavy (non-hydrogen) atoms. The second kappa shape index (κ2) is 11.1. The van der Waals surface area contributed by atoms with Crippen LogP contribution in [-0.4, -0.2) is 74.2 Å². The van der Waals surface area contributed by atoms with Crippen LogP contribution >= 0.6 is 0 Å². The molecule has 2 fully saturated rings. The molecule has 0 radical (unpaired) electrons. The van der Waals surface area contributed by atoms with E-state index in [-0.39, 0.29) is 12.0 Å². The fourth-order valence-corrected chi connectivity index (χ4v) is 4.10. The van der Waals surface area contributed by atoms with Crippen LogP contribution in [0.5, 0.6) is 0 Å². The second-order valence-corrected chi connectivity index (χ2v) is 8.36. The number of likely N-dealkylation sites (N-methyl/N-ethyl adjacent to an activating group) is 1. The van der Waals surface area contributed by atoms with Crippen molar-refractivity contribution in [3.8, 4) is 0 Å². The van der Waals surface area contributed by atoms with E-state index in [1.807, 2.05) is 0 Å². The maximum absolute atomic E-state index is 12.3. The number of morpholine rings is 1. The van der Waals surface area contributed by atoms with Crippen molar-refractivity contribution in [2.24, 2.45) is 5.92 Å². The molecule has 0 aromatic carbocycles. The van der Waals surface area contributed by atoms with E-state index < -0.39 is 0 Å². The topological polar surface area (TPSA) is 44.8 Å². The van der Waals surface area contributed by atoms with E-state index in [0.29, 0.717) is 25.0 Å². The smallest absolute Gasteiger partial charge is 0.234 e. The number of hydrogen-bond donors (Lipinski definition) is 1. The van der Waals surface area contributed by atoms with E-state index in [2.05, 4.69) is 36.0 Å². The molecule has 0 aromatic heterocycles. The first-order chi connectivity index (χ1) is 12.0. The summed E-state index contributed by atoms with van der Waals surface area (Å²) in [5.74, 6) is 0.805. The van der Waals surface area contributed by atoms with Gasteiger partial charge in [0, 0.05) is 32.2 Å². The van der Waals surface area contributed by atoms with Gasteiger partial charge >= 0.3 is 0 Å². The van der Waals surface area contributed by atoms with Gasteiger partial charge in [0.2, 0.25) is 5.91 Å². The maximum atomic E-state index is 12.3. The average Bonchev–Trinajstić information content (AvgIpc) is 2.52. The zero-order chi connectivity index (χ0) is 18.1. The molecule has 5 heteroatoms. The van der Waals surface area contributed by atoms with Crippen molar-refractivity contribution in [2.75, 3.05) is 46.4 Å². The van der Waals surface area contributed by atoms with Crippen molar-refractivity contribution in [3.63, 3.8) is 0 Å². The van der Waals surface area contributed by atoms with Crippen LogP contribution in [0, 0.1) is 5.92 Å². The molecule has 1 saturated heterocycles. The predicted molar refractivity (Wildman–Crippen MR) is 103 cm³/mol. The van der Waals surface area contributed by atoms with Crippen molar-refractivity contribution >= 4 is 5.91 Å². The minimum atomic E-state index is 0.128. The molecule has 1 aliphatic heterocycles. The minimum Gasteiger partial charge on any atom is -0.374 e. The first-order valence-electron chi connectivity index (χ1n) is 10.4. The Morgan fingerprint density at radius 3 is 2.56 bits per heavy atom. The summed E-state index contributed by atoms with van der Waals surface area (Å²) in [4.78, 5) is 17.0. The lowest BCUT2D eigenvalue weighted by Crippen LogP contribution is -2.49. The number of rotatable bonds is 7. The highest BCUT2D eigenvalue weighted by Crippen LogP contribution is 2.20. The third-order valence-corrected chi connectivity index (χ3v) is 5.46. The lowest BCUT2D eigenvalue weighted by molar-refractivity contribution is -0.123. The monoisotopic (exact) mass is 353 g/mol. The summed E-state index contributed by atoms with van der Waals surface area (Å²) in [6, 6.07) is 0.568. The molecule has 2 rings (SSSR count). The molecule has 0 aromatic rings. The number of carbonyl (C=O) groups excluding carboxylic acids is 1. The Morgan fingerprint density at radius 2 is 1.88 bits per heavy atom. The van der Waals surface area contributed by atoms with Crippen LogP contribution in [0.4, 0.5) is 0 Å². The Balaban J connectivity index is 1.67. The zero-order valence-corrected chi connectivity index (χ0v) is 16.6. The van der Waals surface area contributed by atoms with Gasteiger partial charge in [0.1, 0.15) is 0 Å². The summed E-state index contributed by atoms with van der Waals surface area (Å²) in [5, 5.41) is 3.09. The summed E-state index contributed by atoms with van der Waals surface area (Å²) in [6.07, 6.45) is 9.29. The Kier molecular flexibility index (Phi) is 9.21. The molecule has 1 heterocycles. The van der Waals surface area contributed by atoms with Gasteiger partial charge in [-0.1, -0.05) is 46.0 Å². The van der Waals surface area contributed by atoms with Crippen LogP contribution in [-0.2, 0) is 9.53 Å². The molecule has 0 spiro atoms. The Morgan fingerprint density at radius 1 is 1.20 bits per heavy atom. The van der Waals surface area contributed by atoms with Crippen molar-refractivity contribution in [2.45, 2.75) is 70.9 Å². The van der Waals surface area contributed by atoms with Crippen LogP contribution in [0.3, 0.4) is 0 Å². The molecule has 146 valence electrons. The number of carbonyl (C=O) groups is 1. The first kappa shape index (κ1) is 20.7. The molecule has 1 N–H and O–H groups in total. The summed E-state index contributed by atoms with van der Waals surface area (Å²) < 4.78 is 5.82. The standard InChI is InChI=1S/C20H39N3O2/c1-17(2)14-23-11-12-25-19(15-23)13-21-20(24)16-22(3)18-9-7-5-4-6-8-10-18/h17-19H,4-16H2,1-3H3,(H,21,24). The normalized spacial score (nSPS) is 24.3. The second-order valence-electron chi connectivity index (χ2n) is 8.36. The summed E-state index contributed by atoms with van der Waals surface area (Å²) in [5.41, 5.74) is 0. The largest absolute Gasteiger partial charge is 0.374 e. The van der Waals surface area contributed by atoms with E-state index in [1.54, 1.807) is 0 Å². The number of amides is 1. The van der Waals surface area contributed by atoms with Crippen LogP contribution in [0.2, 0.25) is 0 Å². The third kappa shape index (κ3) is 8.06. The average molecular weight is 354 g/mol. The van der Waals surface area contributed by atoms with Gasteiger partial charge in [0.05, 0.1) is 19.3 Å². The summed E-state index contributed by atoms with van der Waals surface area (Å²) in [6.45, 7) is 9.45. The van der Waals surface area contributed by atoms with E-state index >= 15 is 0 Å². The summed E-state index contributed by atoms with van der Waals surface area (Å²) >= 11 is 0. The van der Waals surface area contributed by atoms with Crippen LogP contribution in [0.1, 0.15) is 58.8 Å². The fraction of sp³-hybridized carbons (Fsp3) is 0.950. The lowest BCUT2D eigenvalue weighted by Gasteiger charge is -2.34. The molecular formula is C20H39N3O2. The van der Waals surface area contributed by atoms with Gasteiger partial charge in [-0.15, -0.1) is 0 Å². The molecule has 1 aliphatic carbocycles. The number of hydrogen-bond acceptors (Lipinski definition) is 4.